The zero-order valence-corrected chi connectivity index (χ0v) is 17.5. The molecule has 0 unspecified atom stereocenters. The van der Waals surface area contributed by atoms with Crippen LogP contribution in [0.4, 0.5) is 5.69 Å². The highest BCUT2D eigenvalue weighted by molar-refractivity contribution is 5.68. The summed E-state index contributed by atoms with van der Waals surface area (Å²) in [4.78, 5) is 2.17. The van der Waals surface area contributed by atoms with Gasteiger partial charge in [0.15, 0.2) is 0 Å². The third-order valence-corrected chi connectivity index (χ3v) is 6.81. The van der Waals surface area contributed by atoms with E-state index in [0.29, 0.717) is 11.3 Å². The van der Waals surface area contributed by atoms with E-state index in [0.717, 1.165) is 13.1 Å². The summed E-state index contributed by atoms with van der Waals surface area (Å²) < 4.78 is 0. The van der Waals surface area contributed by atoms with Crippen molar-refractivity contribution in [2.24, 2.45) is 5.92 Å². The molecule has 1 N–H and O–H groups in total. The van der Waals surface area contributed by atoms with Crippen molar-refractivity contribution in [3.8, 4) is 0 Å². The molecule has 1 atom stereocenters. The molecule has 1 aliphatic heterocycles. The van der Waals surface area contributed by atoms with Gasteiger partial charge in [-0.2, -0.15) is 0 Å². The lowest BCUT2D eigenvalue weighted by atomic mass is 9.66. The molecule has 148 valence electrons. The number of piperidine rings is 1. The Hall–Kier alpha value is -2.06. The van der Waals surface area contributed by atoms with Crippen molar-refractivity contribution in [1.29, 1.82) is 0 Å². The van der Waals surface area contributed by atoms with E-state index < -0.39 is 0 Å². The van der Waals surface area contributed by atoms with Crippen molar-refractivity contribution in [2.45, 2.75) is 43.9 Å². The maximum absolute atomic E-state index is 3.58. The number of hydrogen-bond donors (Lipinski definition) is 1. The third-order valence-electron chi connectivity index (χ3n) is 6.81. The summed E-state index contributed by atoms with van der Waals surface area (Å²) in [5, 5.41) is 3.58. The van der Waals surface area contributed by atoms with Gasteiger partial charge in [-0.05, 0) is 91.8 Å². The number of allylic oxidation sites excluding steroid dienone is 2. The van der Waals surface area contributed by atoms with Crippen molar-refractivity contribution in [3.63, 3.8) is 0 Å². The lowest BCUT2D eigenvalue weighted by molar-refractivity contribution is 0.252. The minimum Gasteiger partial charge on any atom is -0.378 e. The summed E-state index contributed by atoms with van der Waals surface area (Å²) in [6, 6.07) is 20.4. The standard InChI is InChI=1S/C26H34N2/c1-28(2)25-13-11-22(12-14-25)23-8-6-7-21(19-23)20-26(15-17-27-18-16-26)24-9-4-3-5-10-24/h3-5,9-14,19,21,27H,6-8,15-18,20H2,1-2H3/t21-/m0/s1. The molecule has 4 rings (SSSR count). The number of anilines is 1. The number of nitrogens with zero attached hydrogens (tertiary/aromatic N) is 1. The van der Waals surface area contributed by atoms with Crippen molar-refractivity contribution in [2.75, 3.05) is 32.1 Å². The number of nitrogens with one attached hydrogen (secondary N) is 1. The van der Waals surface area contributed by atoms with Gasteiger partial charge in [0.1, 0.15) is 0 Å². The van der Waals surface area contributed by atoms with Crippen LogP contribution in [0.3, 0.4) is 0 Å². The molecular weight excluding hydrogens is 340 g/mol. The van der Waals surface area contributed by atoms with Gasteiger partial charge < -0.3 is 10.2 Å². The highest BCUT2D eigenvalue weighted by Gasteiger charge is 2.36. The molecule has 2 aliphatic rings. The summed E-state index contributed by atoms with van der Waals surface area (Å²) in [5.74, 6) is 0.690. The zero-order valence-electron chi connectivity index (χ0n) is 17.5. The molecule has 1 fully saturated rings. The summed E-state index contributed by atoms with van der Waals surface area (Å²) >= 11 is 0. The fraction of sp³-hybridized carbons (Fsp3) is 0.462. The first-order chi connectivity index (χ1) is 13.7. The molecular formula is C26H34N2. The van der Waals surface area contributed by atoms with Crippen LogP contribution in [0.1, 0.15) is 49.7 Å². The molecule has 1 aliphatic carbocycles. The van der Waals surface area contributed by atoms with Crippen LogP contribution in [0.25, 0.3) is 5.57 Å². The van der Waals surface area contributed by atoms with Crippen LogP contribution < -0.4 is 10.2 Å². The topological polar surface area (TPSA) is 15.3 Å². The van der Waals surface area contributed by atoms with Gasteiger partial charge in [0.25, 0.3) is 0 Å². The van der Waals surface area contributed by atoms with Gasteiger partial charge in [0.2, 0.25) is 0 Å². The van der Waals surface area contributed by atoms with Crippen molar-refractivity contribution < 1.29 is 0 Å². The fourth-order valence-corrected chi connectivity index (χ4v) is 5.19. The second kappa shape index (κ2) is 8.53. The smallest absolute Gasteiger partial charge is 0.0361 e. The number of benzene rings is 2. The first kappa shape index (κ1) is 19.3. The Bertz CT molecular complexity index is 783. The Kier molecular flexibility index (Phi) is 5.87. The SMILES string of the molecule is CN(C)c1ccc(C2=C[C@@H](CC3(c4ccccc4)CCNCC3)CCC2)cc1. The Morgan fingerprint density at radius 3 is 2.36 bits per heavy atom. The van der Waals surface area contributed by atoms with Gasteiger partial charge in [-0.25, -0.2) is 0 Å². The third kappa shape index (κ3) is 4.17. The summed E-state index contributed by atoms with van der Waals surface area (Å²) in [7, 11) is 4.21. The Morgan fingerprint density at radius 1 is 0.964 bits per heavy atom. The Morgan fingerprint density at radius 2 is 1.68 bits per heavy atom. The average Bonchev–Trinajstić information content (AvgIpc) is 2.75. The van der Waals surface area contributed by atoms with E-state index >= 15 is 0 Å². The van der Waals surface area contributed by atoms with Crippen LogP contribution in [0.5, 0.6) is 0 Å². The quantitative estimate of drug-likeness (QED) is 0.728. The van der Waals surface area contributed by atoms with E-state index in [1.54, 1.807) is 11.1 Å². The molecule has 0 aromatic heterocycles. The van der Waals surface area contributed by atoms with Crippen molar-refractivity contribution in [3.05, 3.63) is 71.8 Å². The fourth-order valence-electron chi connectivity index (χ4n) is 5.19. The van der Waals surface area contributed by atoms with E-state index in [1.807, 2.05) is 0 Å². The van der Waals surface area contributed by atoms with Crippen molar-refractivity contribution in [1.82, 2.24) is 5.32 Å². The van der Waals surface area contributed by atoms with Crippen LogP contribution in [-0.4, -0.2) is 27.2 Å². The molecule has 2 nitrogen and oxygen atoms in total. The second-order valence-electron chi connectivity index (χ2n) is 8.89. The molecule has 1 saturated heterocycles. The Balaban J connectivity index is 1.56. The summed E-state index contributed by atoms with van der Waals surface area (Å²) in [6.07, 6.45) is 10.3. The molecule has 2 aromatic rings. The van der Waals surface area contributed by atoms with Gasteiger partial charge in [-0.15, -0.1) is 0 Å². The molecule has 0 saturated carbocycles. The molecule has 0 spiro atoms. The molecule has 0 amide bonds. The van der Waals surface area contributed by atoms with Gasteiger partial charge in [-0.3, -0.25) is 0 Å². The molecule has 0 radical (unpaired) electrons. The van der Waals surface area contributed by atoms with Gasteiger partial charge in [0, 0.05) is 19.8 Å². The first-order valence-electron chi connectivity index (χ1n) is 10.9. The van der Waals surface area contributed by atoms with Gasteiger partial charge >= 0.3 is 0 Å². The monoisotopic (exact) mass is 374 g/mol. The van der Waals surface area contributed by atoms with E-state index in [9.17, 15) is 0 Å². The maximum atomic E-state index is 3.58. The number of hydrogen-bond acceptors (Lipinski definition) is 2. The molecule has 1 heterocycles. The lowest BCUT2D eigenvalue weighted by Crippen LogP contribution is -2.41. The summed E-state index contributed by atoms with van der Waals surface area (Å²) in [6.45, 7) is 2.29. The largest absolute Gasteiger partial charge is 0.378 e. The zero-order chi connectivity index (χ0) is 19.4. The highest BCUT2D eigenvalue weighted by Crippen LogP contribution is 2.43. The molecule has 28 heavy (non-hydrogen) atoms. The Labute approximate surface area is 170 Å². The minimum atomic E-state index is 0.338. The molecule has 2 aromatic carbocycles. The molecule has 2 heteroatoms. The van der Waals surface area contributed by atoms with Gasteiger partial charge in [0.05, 0.1) is 0 Å². The van der Waals surface area contributed by atoms with Crippen LogP contribution in [0, 0.1) is 5.92 Å². The predicted molar refractivity (Wildman–Crippen MR) is 121 cm³/mol. The van der Waals surface area contributed by atoms with Crippen molar-refractivity contribution >= 4 is 11.3 Å². The highest BCUT2D eigenvalue weighted by atomic mass is 15.1. The summed E-state index contributed by atoms with van der Waals surface area (Å²) in [5.41, 5.74) is 6.13. The average molecular weight is 375 g/mol. The van der Waals surface area contributed by atoms with Crippen LogP contribution in [-0.2, 0) is 5.41 Å². The second-order valence-corrected chi connectivity index (χ2v) is 8.89. The predicted octanol–water partition coefficient (Wildman–Crippen LogP) is 5.65. The minimum absolute atomic E-state index is 0.338. The lowest BCUT2D eigenvalue weighted by Gasteiger charge is -2.41. The molecule has 0 bridgehead atoms. The van der Waals surface area contributed by atoms with E-state index in [4.69, 9.17) is 0 Å². The normalized spacial score (nSPS) is 21.8. The van der Waals surface area contributed by atoms with E-state index in [1.165, 1.54) is 49.8 Å². The van der Waals surface area contributed by atoms with Crippen LogP contribution in [0.2, 0.25) is 0 Å². The van der Waals surface area contributed by atoms with Gasteiger partial charge in [-0.1, -0.05) is 48.5 Å². The number of rotatable bonds is 5. The van der Waals surface area contributed by atoms with E-state index in [-0.39, 0.29) is 0 Å². The maximum Gasteiger partial charge on any atom is 0.0361 e. The van der Waals surface area contributed by atoms with E-state index in [2.05, 4.69) is 85.0 Å². The first-order valence-corrected chi connectivity index (χ1v) is 10.9. The van der Waals surface area contributed by atoms with Crippen LogP contribution in [0.15, 0.2) is 60.7 Å². The van der Waals surface area contributed by atoms with Crippen LogP contribution >= 0.6 is 0 Å².